The molecule has 1 aromatic carbocycles. The van der Waals surface area contributed by atoms with Crippen LogP contribution < -0.4 is 11.5 Å². The number of nitrogens with zero attached hydrogens (tertiary/aromatic N) is 5. The summed E-state index contributed by atoms with van der Waals surface area (Å²) >= 11 is 0. The smallest absolute Gasteiger partial charge is 0.268 e. The van der Waals surface area contributed by atoms with Gasteiger partial charge in [0, 0.05) is 28.6 Å². The fraction of sp³-hybridized carbons (Fsp3) is 0.318. The van der Waals surface area contributed by atoms with Crippen LogP contribution in [-0.2, 0) is 0 Å². The summed E-state index contributed by atoms with van der Waals surface area (Å²) < 4.78 is 5.49. The van der Waals surface area contributed by atoms with Crippen molar-refractivity contribution in [1.82, 2.24) is 25.1 Å². The second-order valence-electron chi connectivity index (χ2n) is 8.27. The number of hydrogen-bond acceptors (Lipinski definition) is 8. The molecule has 0 saturated heterocycles. The Balaban J connectivity index is 1.62. The summed E-state index contributed by atoms with van der Waals surface area (Å²) in [5.74, 6) is 0.925. The topological polar surface area (TPSA) is 130 Å². The quantitative estimate of drug-likeness (QED) is 0.531. The lowest BCUT2D eigenvalue weighted by molar-refractivity contribution is 0.292. The van der Waals surface area contributed by atoms with Crippen LogP contribution in [0.3, 0.4) is 0 Å². The van der Waals surface area contributed by atoms with E-state index in [9.17, 15) is 0 Å². The number of aromatic nitrogens is 5. The molecule has 1 fully saturated rings. The van der Waals surface area contributed by atoms with Crippen LogP contribution >= 0.6 is 0 Å². The van der Waals surface area contributed by atoms with E-state index in [0.717, 1.165) is 47.8 Å². The fourth-order valence-corrected chi connectivity index (χ4v) is 4.16. The third-order valence-corrected chi connectivity index (χ3v) is 5.91. The molecule has 5 rings (SSSR count). The summed E-state index contributed by atoms with van der Waals surface area (Å²) in [6.07, 6.45) is 6.74. The molecule has 1 aliphatic carbocycles. The van der Waals surface area contributed by atoms with E-state index in [2.05, 4.69) is 22.1 Å². The molecule has 0 unspecified atom stereocenters. The van der Waals surface area contributed by atoms with E-state index in [1.807, 2.05) is 30.3 Å². The largest absolute Gasteiger partial charge is 0.422 e. The first kappa shape index (κ1) is 18.6. The first-order valence-electron chi connectivity index (χ1n) is 10.1. The van der Waals surface area contributed by atoms with Gasteiger partial charge in [-0.05, 0) is 44.7 Å². The van der Waals surface area contributed by atoms with Crippen molar-refractivity contribution in [3.05, 3.63) is 48.6 Å². The van der Waals surface area contributed by atoms with E-state index < -0.39 is 0 Å². The van der Waals surface area contributed by atoms with Crippen molar-refractivity contribution in [3.8, 4) is 22.8 Å². The van der Waals surface area contributed by atoms with Gasteiger partial charge in [0.15, 0.2) is 0 Å². The Kier molecular flexibility index (Phi) is 4.43. The minimum atomic E-state index is -0.141. The third-order valence-electron chi connectivity index (χ3n) is 5.91. The maximum Gasteiger partial charge on any atom is 0.268 e. The monoisotopic (exact) mass is 401 g/mol. The predicted octanol–water partition coefficient (Wildman–Crippen LogP) is 3.70. The van der Waals surface area contributed by atoms with Crippen LogP contribution in [0.1, 0.15) is 44.2 Å². The maximum absolute atomic E-state index is 6.39. The molecule has 0 atom stereocenters. The zero-order chi connectivity index (χ0) is 20.7. The molecule has 30 heavy (non-hydrogen) atoms. The predicted molar refractivity (Wildman–Crippen MR) is 114 cm³/mol. The number of benzene rings is 1. The van der Waals surface area contributed by atoms with Crippen molar-refractivity contribution in [2.75, 3.05) is 5.73 Å². The minimum absolute atomic E-state index is 0.141. The van der Waals surface area contributed by atoms with Gasteiger partial charge in [0.2, 0.25) is 6.39 Å². The first-order valence-corrected chi connectivity index (χ1v) is 10.1. The molecule has 8 nitrogen and oxygen atoms in total. The van der Waals surface area contributed by atoms with Crippen molar-refractivity contribution in [2.24, 2.45) is 5.73 Å². The summed E-state index contributed by atoms with van der Waals surface area (Å²) in [4.78, 5) is 14.1. The van der Waals surface area contributed by atoms with Gasteiger partial charge < -0.3 is 15.9 Å². The van der Waals surface area contributed by atoms with Gasteiger partial charge in [0.25, 0.3) is 5.89 Å². The van der Waals surface area contributed by atoms with Crippen molar-refractivity contribution < 1.29 is 4.42 Å². The van der Waals surface area contributed by atoms with Gasteiger partial charge in [0.05, 0.1) is 11.2 Å². The molecule has 0 aliphatic heterocycles. The Morgan fingerprint density at radius 3 is 2.70 bits per heavy atom. The maximum atomic E-state index is 6.39. The van der Waals surface area contributed by atoms with Gasteiger partial charge in [-0.25, -0.2) is 9.97 Å². The number of anilines is 1. The van der Waals surface area contributed by atoms with Crippen molar-refractivity contribution >= 4 is 16.7 Å². The van der Waals surface area contributed by atoms with Gasteiger partial charge in [-0.1, -0.05) is 18.2 Å². The van der Waals surface area contributed by atoms with Crippen molar-refractivity contribution in [3.63, 3.8) is 0 Å². The highest BCUT2D eigenvalue weighted by Crippen LogP contribution is 2.40. The molecule has 4 N–H and O–H groups in total. The molecule has 1 aliphatic rings. The number of hydrogen-bond donors (Lipinski definition) is 2. The lowest BCUT2D eigenvalue weighted by Crippen LogP contribution is -2.39. The van der Waals surface area contributed by atoms with Crippen LogP contribution in [0.25, 0.3) is 33.7 Å². The standard InChI is InChI=1S/C22H23N7O/c1-22(24)8-6-14(7-9-22)17-19(21-29-26-12-30-21)27-18(20(23)28-17)15-5-4-13-3-2-10-25-16(13)11-15/h2-5,10-12,14H,6-9,24H2,1H3,(H2,23,28). The highest BCUT2D eigenvalue weighted by Gasteiger charge is 2.32. The average Bonchev–Trinajstić information content (AvgIpc) is 3.28. The summed E-state index contributed by atoms with van der Waals surface area (Å²) in [5, 5.41) is 8.97. The van der Waals surface area contributed by atoms with E-state index in [-0.39, 0.29) is 11.5 Å². The first-order chi connectivity index (χ1) is 14.5. The number of nitrogens with two attached hydrogens (primary N) is 2. The average molecular weight is 401 g/mol. The number of nitrogen functional groups attached to an aromatic ring is 1. The summed E-state index contributed by atoms with van der Waals surface area (Å²) in [5.41, 5.74) is 16.3. The number of pyridine rings is 1. The SMILES string of the molecule is CC1(N)CCC(c2nc(N)c(-c3ccc4cccnc4c3)nc2-c2nnco2)CC1. The van der Waals surface area contributed by atoms with Crippen LogP contribution in [0.2, 0.25) is 0 Å². The second kappa shape index (κ2) is 7.14. The molecule has 0 spiro atoms. The summed E-state index contributed by atoms with van der Waals surface area (Å²) in [6.45, 7) is 2.10. The van der Waals surface area contributed by atoms with E-state index in [1.54, 1.807) is 6.20 Å². The third kappa shape index (κ3) is 3.39. The number of fused-ring (bicyclic) bond motifs is 1. The Bertz CT molecular complexity index is 1190. The molecule has 0 amide bonds. The van der Waals surface area contributed by atoms with E-state index in [1.165, 1.54) is 6.39 Å². The molecular weight excluding hydrogens is 378 g/mol. The van der Waals surface area contributed by atoms with E-state index >= 15 is 0 Å². The summed E-state index contributed by atoms with van der Waals surface area (Å²) in [7, 11) is 0. The Morgan fingerprint density at radius 2 is 1.93 bits per heavy atom. The van der Waals surface area contributed by atoms with E-state index in [0.29, 0.717) is 23.1 Å². The molecule has 1 saturated carbocycles. The Labute approximate surface area is 173 Å². The normalized spacial score (nSPS) is 21.7. The summed E-state index contributed by atoms with van der Waals surface area (Å²) in [6, 6.07) is 9.87. The highest BCUT2D eigenvalue weighted by atomic mass is 16.4. The lowest BCUT2D eigenvalue weighted by atomic mass is 9.76. The van der Waals surface area contributed by atoms with Crippen LogP contribution in [-0.4, -0.2) is 30.7 Å². The van der Waals surface area contributed by atoms with Crippen molar-refractivity contribution in [1.29, 1.82) is 0 Å². The fourth-order valence-electron chi connectivity index (χ4n) is 4.16. The van der Waals surface area contributed by atoms with Gasteiger partial charge in [-0.3, -0.25) is 4.98 Å². The second-order valence-corrected chi connectivity index (χ2v) is 8.27. The minimum Gasteiger partial charge on any atom is -0.422 e. The zero-order valence-corrected chi connectivity index (χ0v) is 16.7. The van der Waals surface area contributed by atoms with Crippen LogP contribution in [0.15, 0.2) is 47.3 Å². The van der Waals surface area contributed by atoms with E-state index in [4.69, 9.17) is 25.9 Å². The molecule has 3 heterocycles. The van der Waals surface area contributed by atoms with Crippen LogP contribution in [0.5, 0.6) is 0 Å². The van der Waals surface area contributed by atoms with Gasteiger partial charge in [-0.15, -0.1) is 10.2 Å². The van der Waals surface area contributed by atoms with Crippen molar-refractivity contribution in [2.45, 2.75) is 44.1 Å². The van der Waals surface area contributed by atoms with Gasteiger partial charge in [-0.2, -0.15) is 0 Å². The molecule has 0 bridgehead atoms. The highest BCUT2D eigenvalue weighted by molar-refractivity contribution is 5.85. The van der Waals surface area contributed by atoms with Gasteiger partial charge >= 0.3 is 0 Å². The molecular formula is C22H23N7O. The molecule has 3 aromatic heterocycles. The Hall–Kier alpha value is -3.39. The molecule has 0 radical (unpaired) electrons. The van der Waals surface area contributed by atoms with Crippen LogP contribution in [0, 0.1) is 0 Å². The lowest BCUT2D eigenvalue weighted by Gasteiger charge is -2.34. The Morgan fingerprint density at radius 1 is 1.10 bits per heavy atom. The molecule has 152 valence electrons. The number of rotatable bonds is 3. The molecule has 4 aromatic rings. The van der Waals surface area contributed by atoms with Gasteiger partial charge in [0.1, 0.15) is 17.2 Å². The zero-order valence-electron chi connectivity index (χ0n) is 16.7. The van der Waals surface area contributed by atoms with Crippen LogP contribution in [0.4, 0.5) is 5.82 Å². The molecule has 8 heteroatoms.